The van der Waals surface area contributed by atoms with Crippen LogP contribution in [0.3, 0.4) is 0 Å². The van der Waals surface area contributed by atoms with E-state index >= 15 is 0 Å². The van der Waals surface area contributed by atoms with E-state index < -0.39 is 28.3 Å². The fourth-order valence-electron chi connectivity index (χ4n) is 1.68. The number of sulfonamides is 1. The summed E-state index contributed by atoms with van der Waals surface area (Å²) in [6, 6.07) is 4.71. The first-order valence-corrected chi connectivity index (χ1v) is 8.79. The second kappa shape index (κ2) is 7.05. The molecule has 130 valence electrons. The van der Waals surface area contributed by atoms with Crippen LogP contribution < -0.4 is 4.72 Å². The van der Waals surface area contributed by atoms with E-state index in [9.17, 15) is 21.6 Å². The number of nitrogens with zero attached hydrogens (tertiary/aromatic N) is 1. The van der Waals surface area contributed by atoms with Crippen LogP contribution in [0, 0.1) is 0 Å². The lowest BCUT2D eigenvalue weighted by Crippen LogP contribution is -2.24. The lowest BCUT2D eigenvalue weighted by atomic mass is 10.2. The standard InChI is InChI=1S/C13H8Cl3F3N2O2S/c14-8-2-1-3-11(12(8)16)24(22,23)21-6-10-9(15)4-7(5-20-10)13(17,18)19/h1-5,21H,6H2. The average Bonchev–Trinajstić information content (AvgIpc) is 2.47. The number of hydrogen-bond acceptors (Lipinski definition) is 3. The molecule has 1 heterocycles. The van der Waals surface area contributed by atoms with E-state index in [2.05, 4.69) is 9.71 Å². The van der Waals surface area contributed by atoms with Gasteiger partial charge < -0.3 is 0 Å². The number of alkyl halides is 3. The van der Waals surface area contributed by atoms with Gasteiger partial charge in [0.15, 0.2) is 0 Å². The lowest BCUT2D eigenvalue weighted by molar-refractivity contribution is -0.137. The van der Waals surface area contributed by atoms with Gasteiger partial charge in [0.25, 0.3) is 0 Å². The van der Waals surface area contributed by atoms with Crippen LogP contribution in [0.1, 0.15) is 11.3 Å². The molecule has 0 saturated heterocycles. The van der Waals surface area contributed by atoms with E-state index in [4.69, 9.17) is 34.8 Å². The Kier molecular flexibility index (Phi) is 5.66. The van der Waals surface area contributed by atoms with Crippen LogP contribution >= 0.6 is 34.8 Å². The van der Waals surface area contributed by atoms with Crippen LogP contribution in [-0.4, -0.2) is 13.4 Å². The summed E-state index contributed by atoms with van der Waals surface area (Å²) < 4.78 is 64.2. The number of rotatable bonds is 4. The second-order valence-electron chi connectivity index (χ2n) is 4.53. The summed E-state index contributed by atoms with van der Waals surface area (Å²) in [6.45, 7) is -0.415. The molecule has 0 atom stereocenters. The minimum Gasteiger partial charge on any atom is -0.258 e. The maximum Gasteiger partial charge on any atom is 0.417 e. The molecule has 0 aliphatic heterocycles. The Hall–Kier alpha value is -1.06. The predicted octanol–water partition coefficient (Wildman–Crippen LogP) is 4.54. The van der Waals surface area contributed by atoms with Gasteiger partial charge in [0.05, 0.1) is 32.9 Å². The molecule has 0 bridgehead atoms. The van der Waals surface area contributed by atoms with Crippen LogP contribution in [0.15, 0.2) is 35.4 Å². The highest BCUT2D eigenvalue weighted by Crippen LogP contribution is 2.31. The third-order valence-electron chi connectivity index (χ3n) is 2.88. The molecule has 0 radical (unpaired) electrons. The minimum absolute atomic E-state index is 0.0465. The first-order valence-electron chi connectivity index (χ1n) is 6.17. The molecule has 1 N–H and O–H groups in total. The van der Waals surface area contributed by atoms with Crippen LogP contribution in [0.5, 0.6) is 0 Å². The summed E-state index contributed by atoms with van der Waals surface area (Å²) in [5.74, 6) is 0. The van der Waals surface area contributed by atoms with E-state index in [1.165, 1.54) is 18.2 Å². The minimum atomic E-state index is -4.59. The molecule has 2 rings (SSSR count). The van der Waals surface area contributed by atoms with Crippen molar-refractivity contribution in [2.75, 3.05) is 0 Å². The van der Waals surface area contributed by atoms with Crippen LogP contribution in [0.4, 0.5) is 13.2 Å². The zero-order valence-electron chi connectivity index (χ0n) is 11.5. The highest BCUT2D eigenvalue weighted by Gasteiger charge is 2.31. The molecule has 0 amide bonds. The second-order valence-corrected chi connectivity index (χ2v) is 7.45. The summed E-state index contributed by atoms with van der Waals surface area (Å²) in [6.07, 6.45) is -4.02. The van der Waals surface area contributed by atoms with Crippen molar-refractivity contribution in [1.29, 1.82) is 0 Å². The SMILES string of the molecule is O=S(=O)(NCc1ncc(C(F)(F)F)cc1Cl)c1cccc(Cl)c1Cl. The maximum absolute atomic E-state index is 12.5. The quantitative estimate of drug-likeness (QED) is 0.791. The Bertz CT molecular complexity index is 873. The normalized spacial score (nSPS) is 12.4. The van der Waals surface area contributed by atoms with E-state index in [0.717, 1.165) is 0 Å². The van der Waals surface area contributed by atoms with Crippen LogP contribution in [-0.2, 0) is 22.7 Å². The average molecular weight is 420 g/mol. The summed E-state index contributed by atoms with van der Waals surface area (Å²) >= 11 is 17.3. The first-order chi connectivity index (χ1) is 11.0. The predicted molar refractivity (Wildman–Crippen MR) is 84.7 cm³/mol. The van der Waals surface area contributed by atoms with Crippen molar-refractivity contribution in [1.82, 2.24) is 9.71 Å². The molecule has 11 heteroatoms. The maximum atomic E-state index is 12.5. The van der Waals surface area contributed by atoms with Crippen molar-refractivity contribution >= 4 is 44.8 Å². The molecular formula is C13H8Cl3F3N2O2S. The van der Waals surface area contributed by atoms with E-state index in [0.29, 0.717) is 12.3 Å². The summed E-state index contributed by atoms with van der Waals surface area (Å²) in [4.78, 5) is 3.28. The molecule has 0 spiro atoms. The van der Waals surface area contributed by atoms with Gasteiger partial charge in [-0.2, -0.15) is 13.2 Å². The summed E-state index contributed by atoms with van der Waals surface area (Å²) in [7, 11) is -4.05. The largest absolute Gasteiger partial charge is 0.417 e. The highest BCUT2D eigenvalue weighted by atomic mass is 35.5. The zero-order chi connectivity index (χ0) is 18.1. The fraction of sp³-hybridized carbons (Fsp3) is 0.154. The molecule has 0 aliphatic rings. The van der Waals surface area contributed by atoms with Gasteiger partial charge in [-0.3, -0.25) is 4.98 Å². The van der Waals surface area contributed by atoms with Crippen molar-refractivity contribution in [3.8, 4) is 0 Å². The van der Waals surface area contributed by atoms with Gasteiger partial charge in [-0.15, -0.1) is 0 Å². The molecule has 4 nitrogen and oxygen atoms in total. The number of aromatic nitrogens is 1. The Morgan fingerprint density at radius 1 is 1.12 bits per heavy atom. The molecule has 1 aromatic carbocycles. The summed E-state index contributed by atoms with van der Waals surface area (Å²) in [5, 5.41) is -0.437. The fourth-order valence-corrected chi connectivity index (χ4v) is 3.66. The third-order valence-corrected chi connectivity index (χ3v) is 5.58. The topological polar surface area (TPSA) is 59.1 Å². The number of halogens is 6. The Balaban J connectivity index is 2.23. The van der Waals surface area contributed by atoms with Gasteiger partial charge in [-0.1, -0.05) is 40.9 Å². The van der Waals surface area contributed by atoms with Crippen molar-refractivity contribution < 1.29 is 21.6 Å². The van der Waals surface area contributed by atoms with Gasteiger partial charge in [0.1, 0.15) is 4.90 Å². The number of hydrogen-bond donors (Lipinski definition) is 1. The number of pyridine rings is 1. The molecule has 0 saturated carbocycles. The van der Waals surface area contributed by atoms with Gasteiger partial charge in [0.2, 0.25) is 10.0 Å². The smallest absolute Gasteiger partial charge is 0.258 e. The Labute approximate surface area is 150 Å². The van der Waals surface area contributed by atoms with E-state index in [1.54, 1.807) is 0 Å². The number of benzene rings is 1. The lowest BCUT2D eigenvalue weighted by Gasteiger charge is -2.11. The van der Waals surface area contributed by atoms with Gasteiger partial charge >= 0.3 is 6.18 Å². The first kappa shape index (κ1) is 19.3. The Morgan fingerprint density at radius 3 is 2.38 bits per heavy atom. The van der Waals surface area contributed by atoms with E-state index in [-0.39, 0.29) is 25.7 Å². The van der Waals surface area contributed by atoms with Gasteiger partial charge in [-0.25, -0.2) is 13.1 Å². The van der Waals surface area contributed by atoms with Crippen LogP contribution in [0.2, 0.25) is 15.1 Å². The summed E-state index contributed by atoms with van der Waals surface area (Å²) in [5.41, 5.74) is -1.09. The molecule has 24 heavy (non-hydrogen) atoms. The van der Waals surface area contributed by atoms with Crippen molar-refractivity contribution in [3.63, 3.8) is 0 Å². The van der Waals surface area contributed by atoms with Crippen molar-refractivity contribution in [2.45, 2.75) is 17.6 Å². The third kappa shape index (κ3) is 4.31. The van der Waals surface area contributed by atoms with Crippen molar-refractivity contribution in [2.24, 2.45) is 0 Å². The molecule has 1 aromatic heterocycles. The Morgan fingerprint density at radius 2 is 1.79 bits per heavy atom. The molecule has 0 fully saturated rings. The highest BCUT2D eigenvalue weighted by molar-refractivity contribution is 7.89. The van der Waals surface area contributed by atoms with E-state index in [1.807, 2.05) is 0 Å². The molecule has 0 aliphatic carbocycles. The monoisotopic (exact) mass is 418 g/mol. The van der Waals surface area contributed by atoms with Gasteiger partial charge in [-0.05, 0) is 18.2 Å². The van der Waals surface area contributed by atoms with Crippen molar-refractivity contribution in [3.05, 3.63) is 56.8 Å². The zero-order valence-corrected chi connectivity index (χ0v) is 14.6. The molecule has 2 aromatic rings. The number of nitrogens with one attached hydrogen (secondary N) is 1. The van der Waals surface area contributed by atoms with Gasteiger partial charge in [0, 0.05) is 6.20 Å². The molecular weight excluding hydrogens is 412 g/mol. The molecule has 0 unspecified atom stereocenters. The van der Waals surface area contributed by atoms with Crippen LogP contribution in [0.25, 0.3) is 0 Å².